The Balaban J connectivity index is 2.25. The first-order chi connectivity index (χ1) is 7.20. The van der Waals surface area contributed by atoms with E-state index in [0.29, 0.717) is 10.2 Å². The minimum Gasteiger partial charge on any atom is -0.490 e. The van der Waals surface area contributed by atoms with Crippen molar-refractivity contribution >= 4 is 15.9 Å². The summed E-state index contributed by atoms with van der Waals surface area (Å²) in [6.45, 7) is 1.58. The van der Waals surface area contributed by atoms with Gasteiger partial charge in [0.15, 0.2) is 17.3 Å². The van der Waals surface area contributed by atoms with E-state index in [9.17, 15) is 4.39 Å². The summed E-state index contributed by atoms with van der Waals surface area (Å²) in [6.07, 6.45) is 0.104. The van der Waals surface area contributed by atoms with E-state index in [1.165, 1.54) is 13.2 Å². The third kappa shape index (κ3) is 2.23. The molecule has 1 aliphatic heterocycles. The molecule has 1 aromatic carbocycles. The molecule has 15 heavy (non-hydrogen) atoms. The van der Waals surface area contributed by atoms with E-state index in [0.717, 1.165) is 13.1 Å². The average Bonchev–Trinajstić information content (AvgIpc) is 2.10. The van der Waals surface area contributed by atoms with Crippen LogP contribution < -0.4 is 14.8 Å². The fourth-order valence-corrected chi connectivity index (χ4v) is 1.76. The highest BCUT2D eigenvalue weighted by molar-refractivity contribution is 9.10. The molecular weight excluding hydrogens is 265 g/mol. The predicted octanol–water partition coefficient (Wildman–Crippen LogP) is 1.95. The number of nitrogens with one attached hydrogen (secondary N) is 1. The van der Waals surface area contributed by atoms with Gasteiger partial charge in [-0.1, -0.05) is 15.9 Å². The highest BCUT2D eigenvalue weighted by atomic mass is 79.9. The van der Waals surface area contributed by atoms with Gasteiger partial charge in [0.05, 0.1) is 7.11 Å². The van der Waals surface area contributed by atoms with Crippen molar-refractivity contribution in [2.45, 2.75) is 6.10 Å². The third-order valence-electron chi connectivity index (χ3n) is 2.22. The summed E-state index contributed by atoms with van der Waals surface area (Å²) in [6, 6.07) is 3.06. The maximum atomic E-state index is 13.4. The molecule has 0 spiro atoms. The van der Waals surface area contributed by atoms with E-state index in [2.05, 4.69) is 21.2 Å². The second kappa shape index (κ2) is 4.37. The summed E-state index contributed by atoms with van der Waals surface area (Å²) >= 11 is 3.22. The van der Waals surface area contributed by atoms with Crippen LogP contribution in [0.4, 0.5) is 4.39 Å². The number of halogens is 2. The van der Waals surface area contributed by atoms with Gasteiger partial charge in [0, 0.05) is 17.6 Å². The molecule has 0 aliphatic carbocycles. The van der Waals surface area contributed by atoms with Crippen molar-refractivity contribution in [1.82, 2.24) is 5.32 Å². The van der Waals surface area contributed by atoms with Crippen LogP contribution in [-0.2, 0) is 0 Å². The van der Waals surface area contributed by atoms with Gasteiger partial charge < -0.3 is 14.8 Å². The largest absolute Gasteiger partial charge is 0.490 e. The zero-order chi connectivity index (χ0) is 10.8. The summed E-state index contributed by atoms with van der Waals surface area (Å²) in [5, 5.41) is 3.08. The smallest absolute Gasteiger partial charge is 0.196 e. The molecule has 0 unspecified atom stereocenters. The Morgan fingerprint density at radius 2 is 2.20 bits per heavy atom. The number of ether oxygens (including phenoxy) is 2. The van der Waals surface area contributed by atoms with Gasteiger partial charge in [-0.25, -0.2) is 4.39 Å². The van der Waals surface area contributed by atoms with Crippen LogP contribution >= 0.6 is 15.9 Å². The van der Waals surface area contributed by atoms with Crippen LogP contribution in [0.5, 0.6) is 11.5 Å². The van der Waals surface area contributed by atoms with Crippen molar-refractivity contribution in [1.29, 1.82) is 0 Å². The lowest BCUT2D eigenvalue weighted by Crippen LogP contribution is -2.50. The van der Waals surface area contributed by atoms with E-state index in [-0.39, 0.29) is 11.9 Å². The average molecular weight is 276 g/mol. The molecule has 0 saturated carbocycles. The van der Waals surface area contributed by atoms with Crippen LogP contribution in [0.3, 0.4) is 0 Å². The molecule has 1 N–H and O–H groups in total. The first kappa shape index (κ1) is 10.7. The highest BCUT2D eigenvalue weighted by Gasteiger charge is 2.21. The van der Waals surface area contributed by atoms with E-state index >= 15 is 0 Å². The monoisotopic (exact) mass is 275 g/mol. The zero-order valence-corrected chi connectivity index (χ0v) is 9.80. The number of rotatable bonds is 3. The van der Waals surface area contributed by atoms with Crippen molar-refractivity contribution in [2.75, 3.05) is 20.2 Å². The molecule has 0 aromatic heterocycles. The number of methoxy groups -OCH3 is 1. The maximum Gasteiger partial charge on any atom is 0.196 e. The predicted molar refractivity (Wildman–Crippen MR) is 57.9 cm³/mol. The summed E-state index contributed by atoms with van der Waals surface area (Å²) in [5.74, 6) is 0.176. The molecule has 1 fully saturated rings. The topological polar surface area (TPSA) is 30.5 Å². The molecule has 1 saturated heterocycles. The van der Waals surface area contributed by atoms with E-state index < -0.39 is 5.82 Å². The van der Waals surface area contributed by atoms with Gasteiger partial charge in [-0.3, -0.25) is 0 Å². The molecule has 1 aliphatic rings. The van der Waals surface area contributed by atoms with Crippen molar-refractivity contribution < 1.29 is 13.9 Å². The van der Waals surface area contributed by atoms with Gasteiger partial charge in [-0.2, -0.15) is 0 Å². The van der Waals surface area contributed by atoms with Gasteiger partial charge in [-0.05, 0) is 12.1 Å². The third-order valence-corrected chi connectivity index (χ3v) is 2.67. The van der Waals surface area contributed by atoms with E-state index in [1.807, 2.05) is 0 Å². The van der Waals surface area contributed by atoms with Crippen molar-refractivity contribution in [2.24, 2.45) is 0 Å². The van der Waals surface area contributed by atoms with Crippen LogP contribution in [0.25, 0.3) is 0 Å². The minimum atomic E-state index is -0.422. The fourth-order valence-electron chi connectivity index (χ4n) is 1.35. The van der Waals surface area contributed by atoms with Crippen molar-refractivity contribution in [3.63, 3.8) is 0 Å². The van der Waals surface area contributed by atoms with Crippen LogP contribution in [0.1, 0.15) is 0 Å². The maximum absolute atomic E-state index is 13.4. The standard InChI is InChI=1S/C10H11BrFNO2/c1-14-10-8(12)2-6(11)3-9(10)15-7-4-13-5-7/h2-3,7,13H,4-5H2,1H3. The second-order valence-electron chi connectivity index (χ2n) is 3.32. The molecule has 0 atom stereocenters. The molecule has 82 valence electrons. The molecule has 2 rings (SSSR count). The number of benzene rings is 1. The Kier molecular flexibility index (Phi) is 3.11. The van der Waals surface area contributed by atoms with Gasteiger partial charge in [0.1, 0.15) is 6.10 Å². The summed E-state index contributed by atoms with van der Waals surface area (Å²) in [5.41, 5.74) is 0. The summed E-state index contributed by atoms with van der Waals surface area (Å²) < 4.78 is 24.6. The highest BCUT2D eigenvalue weighted by Crippen LogP contribution is 2.34. The molecule has 5 heteroatoms. The number of hydrogen-bond acceptors (Lipinski definition) is 3. The zero-order valence-electron chi connectivity index (χ0n) is 8.22. The SMILES string of the molecule is COc1c(F)cc(Br)cc1OC1CNC1. The molecule has 1 heterocycles. The Morgan fingerprint density at radius 1 is 1.47 bits per heavy atom. The molecule has 1 aromatic rings. The molecule has 0 radical (unpaired) electrons. The lowest BCUT2D eigenvalue weighted by Gasteiger charge is -2.28. The molecule has 3 nitrogen and oxygen atoms in total. The van der Waals surface area contributed by atoms with Gasteiger partial charge in [-0.15, -0.1) is 0 Å². The Bertz CT molecular complexity index is 369. The molecular formula is C10H11BrFNO2. The first-order valence-electron chi connectivity index (χ1n) is 4.61. The van der Waals surface area contributed by atoms with Gasteiger partial charge >= 0.3 is 0 Å². The van der Waals surface area contributed by atoms with E-state index in [4.69, 9.17) is 9.47 Å². The lowest BCUT2D eigenvalue weighted by atomic mass is 10.2. The van der Waals surface area contributed by atoms with E-state index in [1.54, 1.807) is 6.07 Å². The fraction of sp³-hybridized carbons (Fsp3) is 0.400. The quantitative estimate of drug-likeness (QED) is 0.915. The molecule has 0 amide bonds. The summed E-state index contributed by atoms with van der Waals surface area (Å²) in [7, 11) is 1.43. The normalized spacial score (nSPS) is 15.9. The first-order valence-corrected chi connectivity index (χ1v) is 5.40. The van der Waals surface area contributed by atoms with Gasteiger partial charge in [0.25, 0.3) is 0 Å². The lowest BCUT2D eigenvalue weighted by molar-refractivity contribution is 0.136. The number of hydrogen-bond donors (Lipinski definition) is 1. The minimum absolute atomic E-state index is 0.104. The second-order valence-corrected chi connectivity index (χ2v) is 4.23. The summed E-state index contributed by atoms with van der Waals surface area (Å²) in [4.78, 5) is 0. The Labute approximate surface area is 95.7 Å². The Morgan fingerprint density at radius 3 is 2.73 bits per heavy atom. The van der Waals surface area contributed by atoms with Crippen LogP contribution in [-0.4, -0.2) is 26.3 Å². The molecule has 0 bridgehead atoms. The van der Waals surface area contributed by atoms with Crippen LogP contribution in [0.15, 0.2) is 16.6 Å². The van der Waals surface area contributed by atoms with Crippen LogP contribution in [0.2, 0.25) is 0 Å². The van der Waals surface area contributed by atoms with Gasteiger partial charge in [0.2, 0.25) is 0 Å². The van der Waals surface area contributed by atoms with Crippen LogP contribution in [0, 0.1) is 5.82 Å². The van der Waals surface area contributed by atoms with Crippen molar-refractivity contribution in [3.8, 4) is 11.5 Å². The Hall–Kier alpha value is -0.810. The van der Waals surface area contributed by atoms with Crippen molar-refractivity contribution in [3.05, 3.63) is 22.4 Å².